The fourth-order valence-corrected chi connectivity index (χ4v) is 15.4. The smallest absolute Gasteiger partial charge is 0.135 e. The van der Waals surface area contributed by atoms with Crippen molar-refractivity contribution in [3.05, 3.63) is 348 Å². The van der Waals surface area contributed by atoms with Crippen molar-refractivity contribution in [2.45, 2.75) is 10.8 Å². The van der Waals surface area contributed by atoms with Crippen LogP contribution in [0.3, 0.4) is 0 Å². The van der Waals surface area contributed by atoms with Crippen LogP contribution in [0.1, 0.15) is 44.5 Å². The molecule has 0 saturated heterocycles. The molecule has 18 rings (SSSR count). The van der Waals surface area contributed by atoms with E-state index in [1.165, 1.54) is 105 Å². The zero-order chi connectivity index (χ0) is 54.4. The molecule has 1 atom stereocenters. The van der Waals surface area contributed by atoms with E-state index in [0.29, 0.717) is 0 Å². The Bertz CT molecular complexity index is 5110. The highest BCUT2D eigenvalue weighted by Gasteiger charge is 2.52. The van der Waals surface area contributed by atoms with Crippen molar-refractivity contribution >= 4 is 60.8 Å². The number of fused-ring (bicyclic) bond motifs is 18. The van der Waals surface area contributed by atoms with Crippen molar-refractivity contribution in [3.63, 3.8) is 0 Å². The summed E-state index contributed by atoms with van der Waals surface area (Å²) in [5.74, 6) is 0. The van der Waals surface area contributed by atoms with E-state index in [-0.39, 0.29) is 0 Å². The number of anilines is 3. The molecule has 2 aromatic heterocycles. The van der Waals surface area contributed by atoms with Crippen molar-refractivity contribution in [2.24, 2.45) is 0 Å². The number of nitrogens with zero attached hydrogens (tertiary/aromatic N) is 2. The Balaban J connectivity index is 0.819. The Morgan fingerprint density at radius 1 is 0.289 bits per heavy atom. The molecule has 0 saturated carbocycles. The molecule has 3 nitrogen and oxygen atoms in total. The second-order valence-electron chi connectivity index (χ2n) is 22.6. The Morgan fingerprint density at radius 3 is 1.59 bits per heavy atom. The molecule has 0 bridgehead atoms. The lowest BCUT2D eigenvalue weighted by atomic mass is 9.65. The number of furan rings is 1. The summed E-state index contributed by atoms with van der Waals surface area (Å²) in [6, 6.07) is 113. The van der Waals surface area contributed by atoms with E-state index < -0.39 is 10.8 Å². The van der Waals surface area contributed by atoms with Crippen LogP contribution >= 0.6 is 0 Å². The first-order chi connectivity index (χ1) is 41.2. The van der Waals surface area contributed by atoms with Gasteiger partial charge in [0.25, 0.3) is 0 Å². The molecule has 1 unspecified atom stereocenters. The SMILES string of the molecule is c1ccc(C2(c3ccccc3)c3ccccc3-c3ccc(N(c4ccc(-c5ccc6oc7ccccc7c6c5)cc4)c4ccc(-c5cccc6c5-c5ccccc5C65c6ccccc6-n6c7ccccc7c7cccc5c76)cc4)cc32)cc1. The monoisotopic (exact) mass is 1050 g/mol. The Kier molecular flexibility index (Phi) is 9.64. The second-order valence-corrected chi connectivity index (χ2v) is 22.6. The van der Waals surface area contributed by atoms with Gasteiger partial charge in [-0.2, -0.15) is 0 Å². The average Bonchev–Trinajstić information content (AvgIpc) is 1.61. The first-order valence-electron chi connectivity index (χ1n) is 28.8. The van der Waals surface area contributed by atoms with Crippen LogP contribution in [0, 0.1) is 0 Å². The van der Waals surface area contributed by atoms with Gasteiger partial charge in [0.2, 0.25) is 0 Å². The Morgan fingerprint density at radius 2 is 0.819 bits per heavy atom. The van der Waals surface area contributed by atoms with Crippen LogP contribution < -0.4 is 4.90 Å². The summed E-state index contributed by atoms with van der Waals surface area (Å²) >= 11 is 0. The molecule has 15 aromatic rings. The van der Waals surface area contributed by atoms with Gasteiger partial charge in [-0.05, 0) is 156 Å². The van der Waals surface area contributed by atoms with Crippen molar-refractivity contribution in [2.75, 3.05) is 4.90 Å². The van der Waals surface area contributed by atoms with Crippen LogP contribution in [0.5, 0.6) is 0 Å². The number of hydrogen-bond acceptors (Lipinski definition) is 2. The number of rotatable bonds is 7. The first-order valence-corrected chi connectivity index (χ1v) is 28.8. The van der Waals surface area contributed by atoms with Crippen LogP contribution in [-0.2, 0) is 10.8 Å². The standard InChI is InChI=1S/C80H50N2O/c1-3-19-54(20-4-1)79(55-21-5-2-6-22-55)67-29-11-7-23-60(67)61-47-46-58(50-72(61)79)81(56-42-37-51(38-43-56)53-41-48-76-66(49-53)63-25-10-16-36-75(63)83-76)57-44-39-52(40-45-57)59-27-17-32-70-77(59)65-26-8-12-30-68(65)80(70)69-31-13-15-35-74(69)82-73-34-14-9-24-62(73)64-28-18-33-71(80)78(64)82/h1-50H. The fraction of sp³-hybridized carbons (Fsp3) is 0.0250. The minimum Gasteiger partial charge on any atom is -0.456 e. The molecule has 0 radical (unpaired) electrons. The Labute approximate surface area is 480 Å². The molecular formula is C80H50N2O. The summed E-state index contributed by atoms with van der Waals surface area (Å²) in [5, 5.41) is 4.81. The predicted octanol–water partition coefficient (Wildman–Crippen LogP) is 20.5. The van der Waals surface area contributed by atoms with E-state index in [0.717, 1.165) is 50.1 Å². The summed E-state index contributed by atoms with van der Waals surface area (Å²) in [6.07, 6.45) is 0. The molecule has 0 N–H and O–H groups in total. The topological polar surface area (TPSA) is 21.3 Å². The highest BCUT2D eigenvalue weighted by molar-refractivity contribution is 6.13. The molecule has 0 fully saturated rings. The van der Waals surface area contributed by atoms with Crippen molar-refractivity contribution < 1.29 is 4.42 Å². The molecule has 3 aliphatic rings. The largest absolute Gasteiger partial charge is 0.456 e. The summed E-state index contributed by atoms with van der Waals surface area (Å²) in [5.41, 5.74) is 27.7. The first kappa shape index (κ1) is 46.1. The van der Waals surface area contributed by atoms with Gasteiger partial charge in [-0.25, -0.2) is 0 Å². The van der Waals surface area contributed by atoms with E-state index in [4.69, 9.17) is 4.42 Å². The number of para-hydroxylation sites is 4. The zero-order valence-electron chi connectivity index (χ0n) is 45.2. The normalized spacial score (nSPS) is 14.9. The molecule has 3 heteroatoms. The van der Waals surface area contributed by atoms with Gasteiger partial charge in [-0.3, -0.25) is 0 Å². The van der Waals surface area contributed by atoms with Gasteiger partial charge < -0.3 is 13.9 Å². The highest BCUT2D eigenvalue weighted by atomic mass is 16.3. The minimum atomic E-state index is -0.554. The van der Waals surface area contributed by atoms with Gasteiger partial charge in [0.15, 0.2) is 0 Å². The van der Waals surface area contributed by atoms with E-state index in [2.05, 4.69) is 301 Å². The molecule has 3 heterocycles. The maximum absolute atomic E-state index is 6.25. The molecule has 386 valence electrons. The van der Waals surface area contributed by atoms with Crippen molar-refractivity contribution in [3.8, 4) is 50.2 Å². The number of hydrogen-bond donors (Lipinski definition) is 0. The van der Waals surface area contributed by atoms with Gasteiger partial charge in [0.05, 0.1) is 27.6 Å². The van der Waals surface area contributed by atoms with Crippen LogP contribution in [0.4, 0.5) is 17.1 Å². The maximum atomic E-state index is 6.25. The highest BCUT2D eigenvalue weighted by Crippen LogP contribution is 2.63. The third-order valence-electron chi connectivity index (χ3n) is 18.7. The lowest BCUT2D eigenvalue weighted by Gasteiger charge is -2.39. The number of aromatic nitrogens is 1. The second kappa shape index (κ2) is 17.4. The molecule has 83 heavy (non-hydrogen) atoms. The van der Waals surface area contributed by atoms with Crippen molar-refractivity contribution in [1.82, 2.24) is 4.57 Å². The maximum Gasteiger partial charge on any atom is 0.135 e. The molecule has 1 aliphatic heterocycles. The minimum absolute atomic E-state index is 0.536. The average molecular weight is 1060 g/mol. The van der Waals surface area contributed by atoms with Crippen LogP contribution in [0.2, 0.25) is 0 Å². The van der Waals surface area contributed by atoms with Crippen LogP contribution in [-0.4, -0.2) is 4.57 Å². The van der Waals surface area contributed by atoms with Gasteiger partial charge in [-0.15, -0.1) is 0 Å². The lowest BCUT2D eigenvalue weighted by molar-refractivity contribution is 0.669. The van der Waals surface area contributed by atoms with E-state index in [1.807, 2.05) is 12.1 Å². The molecule has 13 aromatic carbocycles. The quantitative estimate of drug-likeness (QED) is 0.159. The lowest BCUT2D eigenvalue weighted by Crippen LogP contribution is -2.33. The predicted molar refractivity (Wildman–Crippen MR) is 342 cm³/mol. The van der Waals surface area contributed by atoms with Gasteiger partial charge in [0, 0.05) is 38.6 Å². The molecular weight excluding hydrogens is 1000 g/mol. The van der Waals surface area contributed by atoms with E-state index >= 15 is 0 Å². The summed E-state index contributed by atoms with van der Waals surface area (Å²) in [6.45, 7) is 0. The number of benzene rings is 13. The zero-order valence-corrected chi connectivity index (χ0v) is 45.2. The molecule has 2 aliphatic carbocycles. The van der Waals surface area contributed by atoms with E-state index in [1.54, 1.807) is 0 Å². The Hall–Kier alpha value is -10.7. The van der Waals surface area contributed by atoms with Crippen molar-refractivity contribution in [1.29, 1.82) is 0 Å². The third-order valence-corrected chi connectivity index (χ3v) is 18.7. The van der Waals surface area contributed by atoms with E-state index in [9.17, 15) is 0 Å². The van der Waals surface area contributed by atoms with Gasteiger partial charge >= 0.3 is 0 Å². The fourth-order valence-electron chi connectivity index (χ4n) is 15.4. The van der Waals surface area contributed by atoms with Gasteiger partial charge in [0.1, 0.15) is 11.2 Å². The summed E-state index contributed by atoms with van der Waals surface area (Å²) in [4.78, 5) is 2.45. The molecule has 1 spiro atoms. The summed E-state index contributed by atoms with van der Waals surface area (Å²) in [7, 11) is 0. The van der Waals surface area contributed by atoms with Gasteiger partial charge in [-0.1, -0.05) is 237 Å². The van der Waals surface area contributed by atoms with Crippen LogP contribution in [0.15, 0.2) is 308 Å². The third kappa shape index (κ3) is 6.23. The summed E-state index contributed by atoms with van der Waals surface area (Å²) < 4.78 is 8.77. The molecule has 0 amide bonds. The van der Waals surface area contributed by atoms with Crippen LogP contribution in [0.25, 0.3) is 93.9 Å².